The molecule has 2 rings (SSSR count). The van der Waals surface area contributed by atoms with Gasteiger partial charge in [-0.25, -0.2) is 4.39 Å². The molecular formula is C18H21FO2. The van der Waals surface area contributed by atoms with E-state index in [9.17, 15) is 9.50 Å². The third kappa shape index (κ3) is 4.30. The highest BCUT2D eigenvalue weighted by atomic mass is 19.1. The number of aryl methyl sites for hydroxylation is 1. The van der Waals surface area contributed by atoms with Gasteiger partial charge in [-0.3, -0.25) is 0 Å². The van der Waals surface area contributed by atoms with Gasteiger partial charge < -0.3 is 9.84 Å². The Hall–Kier alpha value is -1.87. The minimum absolute atomic E-state index is 0.272. The summed E-state index contributed by atoms with van der Waals surface area (Å²) in [6.45, 7) is 4.66. The number of halogens is 1. The summed E-state index contributed by atoms with van der Waals surface area (Å²) in [5.74, 6) is 0.529. The molecule has 2 aromatic rings. The molecule has 0 saturated heterocycles. The molecule has 0 aromatic heterocycles. The third-order valence-corrected chi connectivity index (χ3v) is 3.46. The van der Waals surface area contributed by atoms with Crippen LogP contribution in [0.2, 0.25) is 0 Å². The normalized spacial score (nSPS) is 12.2. The smallest absolute Gasteiger partial charge is 0.123 e. The maximum absolute atomic E-state index is 13.3. The zero-order valence-electron chi connectivity index (χ0n) is 12.5. The van der Waals surface area contributed by atoms with Crippen molar-refractivity contribution in [3.63, 3.8) is 0 Å². The van der Waals surface area contributed by atoms with Crippen LogP contribution in [0.4, 0.5) is 4.39 Å². The summed E-state index contributed by atoms with van der Waals surface area (Å²) in [6, 6.07) is 12.1. The number of aliphatic hydroxyl groups excluding tert-OH is 1. The number of rotatable bonds is 6. The molecule has 0 fully saturated rings. The predicted molar refractivity (Wildman–Crippen MR) is 82.0 cm³/mol. The van der Waals surface area contributed by atoms with Gasteiger partial charge in [-0.15, -0.1) is 0 Å². The minimum Gasteiger partial charge on any atom is -0.494 e. The van der Waals surface area contributed by atoms with Crippen LogP contribution in [0.15, 0.2) is 42.5 Å². The Morgan fingerprint density at radius 3 is 2.52 bits per heavy atom. The highest BCUT2D eigenvalue weighted by Gasteiger charge is 2.11. The summed E-state index contributed by atoms with van der Waals surface area (Å²) in [6.07, 6.45) is 0.716. The van der Waals surface area contributed by atoms with Crippen LogP contribution in [0.1, 0.15) is 36.1 Å². The quantitative estimate of drug-likeness (QED) is 0.863. The second-order valence-electron chi connectivity index (χ2n) is 5.21. The molecule has 1 N–H and O–H groups in total. The van der Waals surface area contributed by atoms with Gasteiger partial charge in [0.25, 0.3) is 0 Å². The Balaban J connectivity index is 2.05. The molecule has 0 aliphatic heterocycles. The van der Waals surface area contributed by atoms with E-state index in [0.717, 1.165) is 28.9 Å². The standard InChI is InChI=1S/C18H21FO2/c1-3-10-21-17-8-5-14(6-9-17)18(20)12-15-11-16(19)7-4-13(15)2/h4-9,11,18,20H,3,10,12H2,1-2H3. The molecule has 0 aliphatic rings. The maximum atomic E-state index is 13.3. The molecule has 0 heterocycles. The van der Waals surface area contributed by atoms with Crippen LogP contribution < -0.4 is 4.74 Å². The molecule has 0 saturated carbocycles. The van der Waals surface area contributed by atoms with E-state index in [1.165, 1.54) is 12.1 Å². The van der Waals surface area contributed by atoms with Gasteiger partial charge in [0.2, 0.25) is 0 Å². The first kappa shape index (κ1) is 15.5. The highest BCUT2D eigenvalue weighted by Crippen LogP contribution is 2.23. The fraction of sp³-hybridized carbons (Fsp3) is 0.333. The van der Waals surface area contributed by atoms with Crippen LogP contribution >= 0.6 is 0 Å². The summed E-state index contributed by atoms with van der Waals surface area (Å²) in [7, 11) is 0. The Labute approximate surface area is 125 Å². The molecule has 2 nitrogen and oxygen atoms in total. The molecule has 0 bridgehead atoms. The molecule has 1 atom stereocenters. The summed E-state index contributed by atoms with van der Waals surface area (Å²) in [5, 5.41) is 10.3. The van der Waals surface area contributed by atoms with Gasteiger partial charge in [0.15, 0.2) is 0 Å². The molecule has 0 spiro atoms. The van der Waals surface area contributed by atoms with Gasteiger partial charge in [0.05, 0.1) is 12.7 Å². The number of hydrogen-bond donors (Lipinski definition) is 1. The number of hydrogen-bond acceptors (Lipinski definition) is 2. The molecule has 0 radical (unpaired) electrons. The van der Waals surface area contributed by atoms with Crippen LogP contribution in [0, 0.1) is 12.7 Å². The summed E-state index contributed by atoms with van der Waals surface area (Å²) >= 11 is 0. The van der Waals surface area contributed by atoms with Crippen LogP contribution in [-0.2, 0) is 6.42 Å². The van der Waals surface area contributed by atoms with E-state index in [2.05, 4.69) is 6.92 Å². The first-order chi connectivity index (χ1) is 10.1. The average Bonchev–Trinajstić information content (AvgIpc) is 2.49. The Morgan fingerprint density at radius 2 is 1.86 bits per heavy atom. The number of ether oxygens (including phenoxy) is 1. The summed E-state index contributed by atoms with van der Waals surface area (Å²) in [5.41, 5.74) is 2.62. The Kier molecular flexibility index (Phi) is 5.34. The van der Waals surface area contributed by atoms with Crippen molar-refractivity contribution in [2.75, 3.05) is 6.61 Å². The van der Waals surface area contributed by atoms with Crippen molar-refractivity contribution in [2.45, 2.75) is 32.8 Å². The van der Waals surface area contributed by atoms with E-state index in [1.807, 2.05) is 31.2 Å². The van der Waals surface area contributed by atoms with Crippen molar-refractivity contribution >= 4 is 0 Å². The van der Waals surface area contributed by atoms with Crippen molar-refractivity contribution in [3.05, 3.63) is 65.0 Å². The average molecular weight is 288 g/mol. The van der Waals surface area contributed by atoms with E-state index in [1.54, 1.807) is 6.07 Å². The lowest BCUT2D eigenvalue weighted by atomic mass is 9.98. The van der Waals surface area contributed by atoms with Crippen LogP contribution in [0.25, 0.3) is 0 Å². The first-order valence-corrected chi connectivity index (χ1v) is 7.26. The largest absolute Gasteiger partial charge is 0.494 e. The van der Waals surface area contributed by atoms with Gasteiger partial charge in [0, 0.05) is 6.42 Å². The molecule has 21 heavy (non-hydrogen) atoms. The van der Waals surface area contributed by atoms with Crippen LogP contribution in [-0.4, -0.2) is 11.7 Å². The zero-order chi connectivity index (χ0) is 15.2. The predicted octanol–water partition coefficient (Wildman–Crippen LogP) is 4.20. The fourth-order valence-electron chi connectivity index (χ4n) is 2.19. The van der Waals surface area contributed by atoms with E-state index in [4.69, 9.17) is 4.74 Å². The van der Waals surface area contributed by atoms with Gasteiger partial charge in [-0.1, -0.05) is 25.1 Å². The Morgan fingerprint density at radius 1 is 1.14 bits per heavy atom. The van der Waals surface area contributed by atoms with E-state index in [-0.39, 0.29) is 5.82 Å². The number of aliphatic hydroxyl groups is 1. The lowest BCUT2D eigenvalue weighted by Crippen LogP contribution is -2.04. The minimum atomic E-state index is -0.647. The van der Waals surface area contributed by atoms with Gasteiger partial charge in [0.1, 0.15) is 11.6 Å². The van der Waals surface area contributed by atoms with Crippen LogP contribution in [0.3, 0.4) is 0 Å². The molecule has 3 heteroatoms. The lowest BCUT2D eigenvalue weighted by molar-refractivity contribution is 0.178. The topological polar surface area (TPSA) is 29.5 Å². The molecule has 0 aliphatic carbocycles. The Bertz CT molecular complexity index is 578. The van der Waals surface area contributed by atoms with Crippen molar-refractivity contribution in [3.8, 4) is 5.75 Å². The van der Waals surface area contributed by atoms with Gasteiger partial charge in [-0.2, -0.15) is 0 Å². The lowest BCUT2D eigenvalue weighted by Gasteiger charge is -2.14. The van der Waals surface area contributed by atoms with Crippen LogP contribution in [0.5, 0.6) is 5.75 Å². The third-order valence-electron chi connectivity index (χ3n) is 3.46. The molecular weight excluding hydrogens is 267 g/mol. The molecule has 0 amide bonds. The van der Waals surface area contributed by atoms with Gasteiger partial charge in [-0.05, 0) is 54.3 Å². The van der Waals surface area contributed by atoms with Crippen molar-refractivity contribution in [1.82, 2.24) is 0 Å². The first-order valence-electron chi connectivity index (χ1n) is 7.26. The molecule has 2 aromatic carbocycles. The van der Waals surface area contributed by atoms with Crippen molar-refractivity contribution < 1.29 is 14.2 Å². The van der Waals surface area contributed by atoms with E-state index in [0.29, 0.717) is 13.0 Å². The second kappa shape index (κ2) is 7.23. The molecule has 112 valence electrons. The van der Waals surface area contributed by atoms with Crippen molar-refractivity contribution in [2.24, 2.45) is 0 Å². The van der Waals surface area contributed by atoms with Crippen molar-refractivity contribution in [1.29, 1.82) is 0 Å². The van der Waals surface area contributed by atoms with E-state index >= 15 is 0 Å². The highest BCUT2D eigenvalue weighted by molar-refractivity contribution is 5.32. The second-order valence-corrected chi connectivity index (χ2v) is 5.21. The molecule has 1 unspecified atom stereocenters. The fourth-order valence-corrected chi connectivity index (χ4v) is 2.19. The summed E-state index contributed by atoms with van der Waals surface area (Å²) < 4.78 is 18.8. The zero-order valence-corrected chi connectivity index (χ0v) is 12.5. The SMILES string of the molecule is CCCOc1ccc(C(O)Cc2cc(F)ccc2C)cc1. The van der Waals surface area contributed by atoms with E-state index < -0.39 is 6.10 Å². The maximum Gasteiger partial charge on any atom is 0.123 e. The monoisotopic (exact) mass is 288 g/mol. The summed E-state index contributed by atoms with van der Waals surface area (Å²) in [4.78, 5) is 0. The van der Waals surface area contributed by atoms with Gasteiger partial charge >= 0.3 is 0 Å². The number of benzene rings is 2.